The van der Waals surface area contributed by atoms with Crippen LogP contribution in [0.2, 0.25) is 0 Å². The van der Waals surface area contributed by atoms with Crippen LogP contribution in [-0.4, -0.2) is 8.07 Å². The molecule has 0 saturated carbocycles. The lowest BCUT2D eigenvalue weighted by Crippen LogP contribution is -2.74. The van der Waals surface area contributed by atoms with Gasteiger partial charge >= 0.3 is 0 Å². The van der Waals surface area contributed by atoms with E-state index in [4.69, 9.17) is 0 Å². The number of hydrogen-bond acceptors (Lipinski definition) is 4. The van der Waals surface area contributed by atoms with E-state index in [9.17, 15) is 0 Å². The summed E-state index contributed by atoms with van der Waals surface area (Å²) in [5, 5.41) is 16.4. The second-order valence-electron chi connectivity index (χ2n) is 17.4. The molecule has 10 aromatic carbocycles. The molecule has 14 aromatic rings. The van der Waals surface area contributed by atoms with Gasteiger partial charge in [0.25, 0.3) is 0 Å². The van der Waals surface area contributed by atoms with Crippen molar-refractivity contribution in [1.82, 2.24) is 0 Å². The maximum atomic E-state index is 2.59. The minimum atomic E-state index is -3.12. The van der Waals surface area contributed by atoms with Gasteiger partial charge in [0.2, 0.25) is 0 Å². The fraction of sp³-hybridized carbons (Fsp3) is 0. The molecule has 0 nitrogen and oxygen atoms in total. The summed E-state index contributed by atoms with van der Waals surface area (Å²) in [4.78, 5) is 0. The van der Waals surface area contributed by atoms with Gasteiger partial charge in [-0.25, -0.2) is 0 Å². The first kappa shape index (κ1) is 36.6. The first-order chi connectivity index (χ1) is 32.2. The van der Waals surface area contributed by atoms with Crippen LogP contribution in [0, 0.1) is 0 Å². The zero-order chi connectivity index (χ0) is 42.4. The predicted molar refractivity (Wildman–Crippen MR) is 291 cm³/mol. The molecule has 0 aliphatic carbocycles. The van der Waals surface area contributed by atoms with Crippen molar-refractivity contribution in [3.63, 3.8) is 0 Å². The summed E-state index contributed by atoms with van der Waals surface area (Å²) in [6.07, 6.45) is 0. The van der Waals surface area contributed by atoms with E-state index >= 15 is 0 Å². The average molecular weight is 911 g/mol. The van der Waals surface area contributed by atoms with E-state index in [1.165, 1.54) is 135 Å². The Balaban J connectivity index is 1.10. The van der Waals surface area contributed by atoms with Gasteiger partial charge in [-0.3, -0.25) is 0 Å². The van der Waals surface area contributed by atoms with Crippen molar-refractivity contribution < 1.29 is 0 Å². The molecule has 302 valence electrons. The molecule has 1 unspecified atom stereocenters. The van der Waals surface area contributed by atoms with Crippen LogP contribution in [0.25, 0.3) is 114 Å². The van der Waals surface area contributed by atoms with Gasteiger partial charge in [-0.1, -0.05) is 194 Å². The summed E-state index contributed by atoms with van der Waals surface area (Å²) in [6.45, 7) is 0. The monoisotopic (exact) mass is 910 g/mol. The molecule has 5 heterocycles. The quantitative estimate of drug-likeness (QED) is 0.155. The predicted octanol–water partition coefficient (Wildman–Crippen LogP) is 15.8. The van der Waals surface area contributed by atoms with Crippen molar-refractivity contribution in [2.75, 3.05) is 0 Å². The average Bonchev–Trinajstić information content (AvgIpc) is 4.15. The number of rotatable bonds is 3. The van der Waals surface area contributed by atoms with E-state index in [1.807, 2.05) is 45.3 Å². The highest BCUT2D eigenvalue weighted by Gasteiger charge is 2.45. The lowest BCUT2D eigenvalue weighted by molar-refractivity contribution is 1.65. The molecule has 1 aliphatic heterocycles. The maximum Gasteiger partial charge on any atom is 0.182 e. The molecule has 15 rings (SSSR count). The van der Waals surface area contributed by atoms with Gasteiger partial charge < -0.3 is 0 Å². The Morgan fingerprint density at radius 2 is 0.708 bits per heavy atom. The van der Waals surface area contributed by atoms with Crippen molar-refractivity contribution in [2.45, 2.75) is 0 Å². The Hall–Kier alpha value is -6.70. The SMILES string of the molecule is c1ccc([Si]2(c3cccc4c3sc3c(-c5cccc6c5sc5ccccc56)cccc34)c3cccc(c3)-c3ccc4c(sc5ccccc54)c3-c3cccc4c3sc3c2cccc34)cc1. The van der Waals surface area contributed by atoms with E-state index in [-0.39, 0.29) is 0 Å². The molecule has 1 aliphatic rings. The molecule has 0 radical (unpaired) electrons. The van der Waals surface area contributed by atoms with Gasteiger partial charge in [0.15, 0.2) is 8.07 Å². The summed E-state index contributed by atoms with van der Waals surface area (Å²) < 4.78 is 10.9. The topological polar surface area (TPSA) is 0 Å². The molecular weight excluding hydrogens is 877 g/mol. The Morgan fingerprint density at radius 3 is 1.35 bits per heavy atom. The van der Waals surface area contributed by atoms with Gasteiger partial charge in [-0.05, 0) is 44.0 Å². The normalized spacial score (nSPS) is 14.8. The van der Waals surface area contributed by atoms with Crippen LogP contribution in [0.15, 0.2) is 206 Å². The highest BCUT2D eigenvalue weighted by molar-refractivity contribution is 7.34. The smallest absolute Gasteiger partial charge is 0.135 e. The summed E-state index contributed by atoms with van der Waals surface area (Å²) in [5.41, 5.74) is 7.88. The van der Waals surface area contributed by atoms with E-state index in [2.05, 4.69) is 206 Å². The molecule has 65 heavy (non-hydrogen) atoms. The highest BCUT2D eigenvalue weighted by Crippen LogP contribution is 2.50. The van der Waals surface area contributed by atoms with Crippen molar-refractivity contribution in [3.8, 4) is 33.4 Å². The first-order valence-electron chi connectivity index (χ1n) is 22.2. The largest absolute Gasteiger partial charge is 0.182 e. The fourth-order valence-electron chi connectivity index (χ4n) is 11.4. The third kappa shape index (κ3) is 4.94. The van der Waals surface area contributed by atoms with Crippen LogP contribution >= 0.6 is 45.3 Å². The molecule has 0 spiro atoms. The highest BCUT2D eigenvalue weighted by atomic mass is 32.1. The molecule has 0 amide bonds. The molecule has 0 fully saturated rings. The van der Waals surface area contributed by atoms with Crippen LogP contribution in [0.5, 0.6) is 0 Å². The van der Waals surface area contributed by atoms with Crippen LogP contribution < -0.4 is 20.7 Å². The Bertz CT molecular complexity index is 4320. The molecule has 5 heteroatoms. The summed E-state index contributed by atoms with van der Waals surface area (Å²) in [7, 11) is -3.12. The number of fused-ring (bicyclic) bond motifs is 16. The molecule has 0 N–H and O–H groups in total. The number of hydrogen-bond donors (Lipinski definition) is 0. The van der Waals surface area contributed by atoms with Crippen molar-refractivity contribution in [3.05, 3.63) is 206 Å². The zero-order valence-electron chi connectivity index (χ0n) is 34.8. The van der Waals surface area contributed by atoms with Gasteiger partial charge in [0.1, 0.15) is 0 Å². The fourth-order valence-corrected chi connectivity index (χ4v) is 22.6. The molecule has 4 bridgehead atoms. The minimum Gasteiger partial charge on any atom is -0.135 e. The van der Waals surface area contributed by atoms with Gasteiger partial charge in [0, 0.05) is 103 Å². The summed E-state index contributed by atoms with van der Waals surface area (Å²) in [5.74, 6) is 0. The van der Waals surface area contributed by atoms with Crippen LogP contribution in [0.1, 0.15) is 0 Å². The molecule has 4 aromatic heterocycles. The van der Waals surface area contributed by atoms with E-state index in [0.717, 1.165) is 0 Å². The minimum absolute atomic E-state index is 1.27. The summed E-state index contributed by atoms with van der Waals surface area (Å²) in [6, 6.07) is 79.4. The van der Waals surface area contributed by atoms with E-state index in [1.54, 1.807) is 0 Å². The maximum absolute atomic E-state index is 3.12. The second kappa shape index (κ2) is 13.7. The zero-order valence-corrected chi connectivity index (χ0v) is 39.0. The lowest BCUT2D eigenvalue weighted by Gasteiger charge is -2.35. The second-order valence-corrected chi connectivity index (χ2v) is 25.3. The Kier molecular flexibility index (Phi) is 7.70. The van der Waals surface area contributed by atoms with Gasteiger partial charge in [0.05, 0.1) is 0 Å². The van der Waals surface area contributed by atoms with E-state index in [0.29, 0.717) is 0 Å². The van der Waals surface area contributed by atoms with Crippen molar-refractivity contribution >= 4 is 155 Å². The van der Waals surface area contributed by atoms with Crippen molar-refractivity contribution in [1.29, 1.82) is 0 Å². The van der Waals surface area contributed by atoms with Crippen molar-refractivity contribution in [2.24, 2.45) is 0 Å². The standard InChI is InChI=1S/C60H34S4Si/c1-2-15-36(16-3-1)65(52-30-12-25-46-44-23-10-22-43(56(44)63-58(46)52)42-21-9-20-41-39-18-4-6-28-50(39)61-55(41)42)37-17-8-14-35(34-37)38-32-33-48-40-19-5-7-29-51(40)62-60(48)54(38)49-27-11-24-45-47-26-13-31-53(65)59(47)64-57(45)49/h1-34H. The molecule has 1 atom stereocenters. The number of benzene rings is 10. The Morgan fingerprint density at radius 1 is 0.262 bits per heavy atom. The Labute approximate surface area is 391 Å². The van der Waals surface area contributed by atoms with Crippen LogP contribution in [0.4, 0.5) is 0 Å². The van der Waals surface area contributed by atoms with E-state index < -0.39 is 8.07 Å². The summed E-state index contributed by atoms with van der Waals surface area (Å²) >= 11 is 7.87. The number of thiophene rings is 4. The van der Waals surface area contributed by atoms with Gasteiger partial charge in [-0.15, -0.1) is 45.3 Å². The molecular formula is C60H34S4Si. The first-order valence-corrected chi connectivity index (χ1v) is 27.4. The van der Waals surface area contributed by atoms with Crippen LogP contribution in [-0.2, 0) is 0 Å². The molecule has 0 saturated heterocycles. The lowest BCUT2D eigenvalue weighted by atomic mass is 9.92. The third-order valence-electron chi connectivity index (χ3n) is 14.2. The van der Waals surface area contributed by atoms with Crippen LogP contribution in [0.3, 0.4) is 0 Å². The third-order valence-corrected chi connectivity index (χ3v) is 24.4. The van der Waals surface area contributed by atoms with Gasteiger partial charge in [-0.2, -0.15) is 0 Å².